The van der Waals surface area contributed by atoms with Gasteiger partial charge in [0.15, 0.2) is 0 Å². The summed E-state index contributed by atoms with van der Waals surface area (Å²) in [6.45, 7) is 0.820. The molecular weight excluding hydrogens is 449 g/mol. The number of carbonyl (C=O) groups excluding carboxylic acids is 1. The number of imidazole rings is 1. The van der Waals surface area contributed by atoms with Crippen LogP contribution in [0.15, 0.2) is 35.3 Å². The molecule has 2 aliphatic heterocycles. The maximum absolute atomic E-state index is 15.3. The molecular formula is C24H19F3N4O3. The van der Waals surface area contributed by atoms with E-state index >= 15 is 4.39 Å². The Bertz CT molecular complexity index is 1510. The zero-order chi connectivity index (χ0) is 23.6. The maximum atomic E-state index is 15.3. The van der Waals surface area contributed by atoms with E-state index in [1.165, 1.54) is 23.2 Å². The van der Waals surface area contributed by atoms with Gasteiger partial charge in [-0.1, -0.05) is 0 Å². The molecule has 0 atom stereocenters. The molecule has 1 amide bonds. The fraction of sp³-hybridized carbons (Fsp3) is 0.292. The smallest absolute Gasteiger partial charge is 0.274 e. The van der Waals surface area contributed by atoms with Crippen molar-refractivity contribution in [2.24, 2.45) is 0 Å². The van der Waals surface area contributed by atoms with Crippen molar-refractivity contribution in [1.29, 1.82) is 0 Å². The Labute approximate surface area is 190 Å². The van der Waals surface area contributed by atoms with Crippen LogP contribution in [0, 0.1) is 17.5 Å². The molecule has 7 nitrogen and oxygen atoms in total. The SMILES string of the molecule is O=C(c1cc2[nH]c(=O)c3cnc(C4CCOCC4)n3c2cc1F)N1Cc2c(F)ccc(F)c2C1. The number of amides is 1. The average molecular weight is 468 g/mol. The number of hydrogen-bond donors (Lipinski definition) is 1. The average Bonchev–Trinajstić information content (AvgIpc) is 3.49. The first-order chi connectivity index (χ1) is 16.4. The van der Waals surface area contributed by atoms with E-state index in [1.807, 2.05) is 0 Å². The number of nitrogens with zero attached hydrogens (tertiary/aromatic N) is 3. The number of aromatic nitrogens is 3. The first kappa shape index (κ1) is 20.9. The van der Waals surface area contributed by atoms with Gasteiger partial charge in [0, 0.05) is 49.4 Å². The van der Waals surface area contributed by atoms with Crippen LogP contribution in [0.25, 0.3) is 16.6 Å². The highest BCUT2D eigenvalue weighted by atomic mass is 19.1. The van der Waals surface area contributed by atoms with E-state index in [0.29, 0.717) is 24.6 Å². The van der Waals surface area contributed by atoms with Crippen molar-refractivity contribution in [3.8, 4) is 0 Å². The lowest BCUT2D eigenvalue weighted by Crippen LogP contribution is -2.26. The summed E-state index contributed by atoms with van der Waals surface area (Å²) in [4.78, 5) is 34.2. The quantitative estimate of drug-likeness (QED) is 0.487. The number of hydrogen-bond acceptors (Lipinski definition) is 4. The van der Waals surface area contributed by atoms with Crippen molar-refractivity contribution in [2.75, 3.05) is 13.2 Å². The molecule has 2 aromatic heterocycles. The molecule has 6 rings (SSSR count). The number of nitrogens with one attached hydrogen (secondary N) is 1. The van der Waals surface area contributed by atoms with E-state index in [1.54, 1.807) is 4.40 Å². The number of fused-ring (bicyclic) bond motifs is 4. The minimum absolute atomic E-state index is 0.0542. The number of rotatable bonds is 2. The van der Waals surface area contributed by atoms with Gasteiger partial charge in [-0.2, -0.15) is 0 Å². The van der Waals surface area contributed by atoms with Gasteiger partial charge in [0.25, 0.3) is 11.5 Å². The van der Waals surface area contributed by atoms with Crippen LogP contribution >= 0.6 is 0 Å². The second-order valence-corrected chi connectivity index (χ2v) is 8.67. The van der Waals surface area contributed by atoms with Crippen molar-refractivity contribution >= 4 is 22.5 Å². The molecule has 34 heavy (non-hydrogen) atoms. The highest BCUT2D eigenvalue weighted by Crippen LogP contribution is 2.31. The van der Waals surface area contributed by atoms with Crippen LogP contribution in [-0.2, 0) is 17.8 Å². The predicted molar refractivity (Wildman–Crippen MR) is 116 cm³/mol. The molecule has 1 fully saturated rings. The zero-order valence-corrected chi connectivity index (χ0v) is 17.9. The van der Waals surface area contributed by atoms with Gasteiger partial charge in [-0.25, -0.2) is 18.2 Å². The minimum atomic E-state index is -0.797. The van der Waals surface area contributed by atoms with Crippen LogP contribution in [0.1, 0.15) is 46.1 Å². The lowest BCUT2D eigenvalue weighted by molar-refractivity contribution is 0.0745. The molecule has 10 heteroatoms. The molecule has 174 valence electrons. The molecule has 0 radical (unpaired) electrons. The monoisotopic (exact) mass is 468 g/mol. The highest BCUT2D eigenvalue weighted by Gasteiger charge is 2.31. The maximum Gasteiger partial charge on any atom is 0.274 e. The van der Waals surface area contributed by atoms with Gasteiger partial charge in [-0.3, -0.25) is 14.0 Å². The first-order valence-corrected chi connectivity index (χ1v) is 11.0. The number of aromatic amines is 1. The standard InChI is InChI=1S/C24H19F3N4O3/c25-16-1-2-17(26)15-11-30(10-14(15)16)24(33)13-7-19-20(8-18(13)27)31-21(23(32)29-19)9-28-22(31)12-3-5-34-6-4-12/h1-2,7-9,12H,3-6,10-11H2,(H,29,32). The Kier molecular flexibility index (Phi) is 4.73. The summed E-state index contributed by atoms with van der Waals surface area (Å²) in [6, 6.07) is 4.49. The van der Waals surface area contributed by atoms with Crippen LogP contribution in [0.2, 0.25) is 0 Å². The fourth-order valence-electron chi connectivity index (χ4n) is 4.95. The summed E-state index contributed by atoms with van der Waals surface area (Å²) in [6.07, 6.45) is 2.93. The number of halogens is 3. The number of H-pyrrole nitrogens is 1. The summed E-state index contributed by atoms with van der Waals surface area (Å²) in [7, 11) is 0. The van der Waals surface area contributed by atoms with E-state index in [-0.39, 0.29) is 46.7 Å². The molecule has 4 heterocycles. The van der Waals surface area contributed by atoms with Crippen molar-refractivity contribution in [3.63, 3.8) is 0 Å². The number of carbonyl (C=O) groups is 1. The molecule has 0 unspecified atom stereocenters. The van der Waals surface area contributed by atoms with Crippen LogP contribution in [0.4, 0.5) is 13.2 Å². The van der Waals surface area contributed by atoms with Gasteiger partial charge < -0.3 is 14.6 Å². The summed E-state index contributed by atoms with van der Waals surface area (Å²) in [5, 5.41) is 0. The molecule has 2 aromatic carbocycles. The van der Waals surface area contributed by atoms with Gasteiger partial charge in [-0.15, -0.1) is 0 Å². The Balaban J connectivity index is 1.44. The molecule has 2 aliphatic rings. The van der Waals surface area contributed by atoms with Crippen molar-refractivity contribution in [2.45, 2.75) is 31.8 Å². The summed E-state index contributed by atoms with van der Waals surface area (Å²) in [5.41, 5.74) is 0.402. The summed E-state index contributed by atoms with van der Waals surface area (Å²) < 4.78 is 50.6. The van der Waals surface area contributed by atoms with Crippen molar-refractivity contribution < 1.29 is 22.7 Å². The third-order valence-electron chi connectivity index (χ3n) is 6.72. The van der Waals surface area contributed by atoms with E-state index < -0.39 is 28.9 Å². The van der Waals surface area contributed by atoms with Crippen LogP contribution in [0.5, 0.6) is 0 Å². The fourth-order valence-corrected chi connectivity index (χ4v) is 4.95. The largest absolute Gasteiger partial charge is 0.381 e. The highest BCUT2D eigenvalue weighted by molar-refractivity contribution is 5.98. The second kappa shape index (κ2) is 7.69. The minimum Gasteiger partial charge on any atom is -0.381 e. The summed E-state index contributed by atoms with van der Waals surface area (Å²) >= 11 is 0. The topological polar surface area (TPSA) is 79.7 Å². The Morgan fingerprint density at radius 1 is 1.00 bits per heavy atom. The zero-order valence-electron chi connectivity index (χ0n) is 17.9. The van der Waals surface area contributed by atoms with Crippen molar-refractivity contribution in [1.82, 2.24) is 19.3 Å². The Hall–Kier alpha value is -3.66. The van der Waals surface area contributed by atoms with Gasteiger partial charge in [0.2, 0.25) is 0 Å². The number of benzene rings is 2. The molecule has 0 saturated carbocycles. The van der Waals surface area contributed by atoms with Gasteiger partial charge in [0.05, 0.1) is 22.8 Å². The predicted octanol–water partition coefficient (Wildman–Crippen LogP) is 3.64. The molecule has 0 bridgehead atoms. The molecule has 0 spiro atoms. The van der Waals surface area contributed by atoms with Crippen molar-refractivity contribution in [3.05, 3.63) is 80.8 Å². The molecule has 4 aromatic rings. The third kappa shape index (κ3) is 3.12. The van der Waals surface area contributed by atoms with E-state index in [2.05, 4.69) is 9.97 Å². The van der Waals surface area contributed by atoms with Crippen LogP contribution in [-0.4, -0.2) is 38.4 Å². The van der Waals surface area contributed by atoms with Crippen LogP contribution < -0.4 is 5.56 Å². The molecule has 0 aliphatic carbocycles. The second-order valence-electron chi connectivity index (χ2n) is 8.67. The van der Waals surface area contributed by atoms with Gasteiger partial charge >= 0.3 is 0 Å². The van der Waals surface area contributed by atoms with E-state index in [4.69, 9.17) is 4.74 Å². The normalized spacial score (nSPS) is 16.5. The van der Waals surface area contributed by atoms with E-state index in [0.717, 1.165) is 25.0 Å². The first-order valence-electron chi connectivity index (χ1n) is 11.0. The molecule has 1 N–H and O–H groups in total. The number of ether oxygens (including phenoxy) is 1. The van der Waals surface area contributed by atoms with Crippen LogP contribution in [0.3, 0.4) is 0 Å². The summed E-state index contributed by atoms with van der Waals surface area (Å²) in [5.74, 6) is -2.04. The lowest BCUT2D eigenvalue weighted by Gasteiger charge is -2.21. The van der Waals surface area contributed by atoms with Gasteiger partial charge in [-0.05, 0) is 31.0 Å². The van der Waals surface area contributed by atoms with Gasteiger partial charge in [0.1, 0.15) is 28.8 Å². The lowest BCUT2D eigenvalue weighted by atomic mass is 9.99. The Morgan fingerprint density at radius 2 is 1.68 bits per heavy atom. The third-order valence-corrected chi connectivity index (χ3v) is 6.72. The molecule has 1 saturated heterocycles. The van der Waals surface area contributed by atoms with E-state index in [9.17, 15) is 18.4 Å². The Morgan fingerprint density at radius 3 is 2.35 bits per heavy atom.